The van der Waals surface area contributed by atoms with Gasteiger partial charge in [-0.25, -0.2) is 9.37 Å². The largest absolute Gasteiger partial charge is 0.467 e. The number of hydrogen-bond donors (Lipinski definition) is 0. The Bertz CT molecular complexity index is 1000. The number of aromatic nitrogens is 2. The van der Waals surface area contributed by atoms with E-state index in [1.165, 1.54) is 30.3 Å². The van der Waals surface area contributed by atoms with Crippen LogP contribution in [0.2, 0.25) is 0 Å². The molecular weight excluding hydrogens is 375 g/mol. The van der Waals surface area contributed by atoms with Crippen molar-refractivity contribution in [2.45, 2.75) is 43.2 Å². The second-order valence-electron chi connectivity index (χ2n) is 7.12. The molecule has 2 aromatic carbocycles. The molecule has 0 saturated carbocycles. The van der Waals surface area contributed by atoms with Crippen molar-refractivity contribution in [1.29, 1.82) is 0 Å². The van der Waals surface area contributed by atoms with Gasteiger partial charge in [-0.05, 0) is 49.9 Å². The number of fused-ring (bicyclic) bond motifs is 2. The van der Waals surface area contributed by atoms with Crippen LogP contribution in [0.4, 0.5) is 4.39 Å². The van der Waals surface area contributed by atoms with Crippen LogP contribution in [0.15, 0.2) is 47.6 Å². The van der Waals surface area contributed by atoms with Gasteiger partial charge in [0.25, 0.3) is 0 Å². The van der Waals surface area contributed by atoms with E-state index >= 15 is 0 Å². The number of thioether (sulfide) groups is 1. The number of rotatable bonds is 4. The Morgan fingerprint density at radius 3 is 2.86 bits per heavy atom. The van der Waals surface area contributed by atoms with E-state index in [4.69, 9.17) is 14.5 Å². The smallest absolute Gasteiger partial charge is 0.189 e. The third kappa shape index (κ3) is 3.31. The highest BCUT2D eigenvalue weighted by atomic mass is 32.2. The van der Waals surface area contributed by atoms with Crippen molar-refractivity contribution in [1.82, 2.24) is 9.55 Å². The van der Waals surface area contributed by atoms with E-state index in [-0.39, 0.29) is 12.6 Å². The number of hydrogen-bond acceptors (Lipinski definition) is 4. The summed E-state index contributed by atoms with van der Waals surface area (Å²) < 4.78 is 27.3. The van der Waals surface area contributed by atoms with Crippen LogP contribution >= 0.6 is 11.8 Å². The van der Waals surface area contributed by atoms with Crippen LogP contribution < -0.4 is 4.74 Å². The summed E-state index contributed by atoms with van der Waals surface area (Å²) in [6, 6.07) is 13.4. The van der Waals surface area contributed by atoms with Gasteiger partial charge in [-0.15, -0.1) is 0 Å². The Morgan fingerprint density at radius 1 is 1.11 bits per heavy atom. The number of nitrogens with zero attached hydrogens (tertiary/aromatic N) is 2. The first-order valence-corrected chi connectivity index (χ1v) is 10.6. The molecule has 0 spiro atoms. The lowest BCUT2D eigenvalue weighted by Crippen LogP contribution is -2.13. The van der Waals surface area contributed by atoms with E-state index in [2.05, 4.69) is 28.8 Å². The molecule has 1 aliphatic heterocycles. The van der Waals surface area contributed by atoms with E-state index in [1.807, 2.05) is 6.07 Å². The molecular formula is C22H21FN2O2S. The van der Waals surface area contributed by atoms with Crippen molar-refractivity contribution in [3.05, 3.63) is 70.8 Å². The van der Waals surface area contributed by atoms with Gasteiger partial charge in [-0.1, -0.05) is 30.0 Å². The zero-order valence-electron chi connectivity index (χ0n) is 15.5. The molecule has 3 aromatic rings. The number of halogens is 1. The van der Waals surface area contributed by atoms with Crippen LogP contribution in [-0.2, 0) is 29.9 Å². The predicted octanol–water partition coefficient (Wildman–Crippen LogP) is 5.05. The molecule has 6 heteroatoms. The van der Waals surface area contributed by atoms with Crippen LogP contribution in [-0.4, -0.2) is 16.3 Å². The number of ether oxygens (including phenoxy) is 2. The summed E-state index contributed by atoms with van der Waals surface area (Å²) in [6.45, 7) is 0.598. The Balaban J connectivity index is 1.50. The molecule has 4 nitrogen and oxygen atoms in total. The van der Waals surface area contributed by atoms with Crippen LogP contribution in [0.3, 0.4) is 0 Å². The monoisotopic (exact) mass is 396 g/mol. The van der Waals surface area contributed by atoms with Crippen molar-refractivity contribution in [3.8, 4) is 11.4 Å². The van der Waals surface area contributed by atoms with Gasteiger partial charge in [0.05, 0.1) is 12.3 Å². The fourth-order valence-electron chi connectivity index (χ4n) is 3.96. The zero-order valence-corrected chi connectivity index (χ0v) is 16.3. The van der Waals surface area contributed by atoms with Crippen LogP contribution in [0.5, 0.6) is 5.75 Å². The summed E-state index contributed by atoms with van der Waals surface area (Å²) in [4.78, 5) is 4.94. The summed E-state index contributed by atoms with van der Waals surface area (Å²) in [5.41, 5.74) is 5.26. The van der Waals surface area contributed by atoms with Gasteiger partial charge in [-0.3, -0.25) is 4.57 Å². The molecule has 2 heterocycles. The van der Waals surface area contributed by atoms with Crippen molar-refractivity contribution in [3.63, 3.8) is 0 Å². The van der Waals surface area contributed by atoms with E-state index in [0.29, 0.717) is 12.4 Å². The molecule has 0 saturated heterocycles. The first-order chi connectivity index (χ1) is 13.8. The average molecular weight is 396 g/mol. The fraction of sp³-hybridized carbons (Fsp3) is 0.318. The Kier molecular flexibility index (Phi) is 4.82. The molecule has 0 bridgehead atoms. The van der Waals surface area contributed by atoms with E-state index in [1.54, 1.807) is 17.8 Å². The van der Waals surface area contributed by atoms with Gasteiger partial charge in [0.2, 0.25) is 0 Å². The maximum absolute atomic E-state index is 14.1. The van der Waals surface area contributed by atoms with E-state index < -0.39 is 0 Å². The summed E-state index contributed by atoms with van der Waals surface area (Å²) in [5.74, 6) is 1.10. The normalized spacial score (nSPS) is 15.6. The highest BCUT2D eigenvalue weighted by molar-refractivity contribution is 7.98. The van der Waals surface area contributed by atoms with Gasteiger partial charge in [0.15, 0.2) is 11.9 Å². The molecule has 144 valence electrons. The maximum atomic E-state index is 14.1. The van der Waals surface area contributed by atoms with Crippen molar-refractivity contribution >= 4 is 11.8 Å². The lowest BCUT2D eigenvalue weighted by Gasteiger charge is -2.20. The average Bonchev–Trinajstić information content (AvgIpc) is 3.11. The van der Waals surface area contributed by atoms with Crippen LogP contribution in [0.25, 0.3) is 5.69 Å². The van der Waals surface area contributed by atoms with Gasteiger partial charge in [0.1, 0.15) is 11.6 Å². The Labute approximate surface area is 167 Å². The maximum Gasteiger partial charge on any atom is 0.189 e. The van der Waals surface area contributed by atoms with E-state index in [9.17, 15) is 4.39 Å². The summed E-state index contributed by atoms with van der Waals surface area (Å²) >= 11 is 1.63. The number of imidazole rings is 1. The van der Waals surface area contributed by atoms with Gasteiger partial charge in [0, 0.05) is 28.3 Å². The number of aryl methyl sites for hydroxylation is 1. The zero-order chi connectivity index (χ0) is 18.9. The summed E-state index contributed by atoms with van der Waals surface area (Å²) in [5, 5.41) is 0.961. The molecule has 1 aliphatic carbocycles. The molecule has 5 rings (SSSR count). The van der Waals surface area contributed by atoms with Crippen molar-refractivity contribution in [2.24, 2.45) is 0 Å². The lowest BCUT2D eigenvalue weighted by atomic mass is 10.0. The highest BCUT2D eigenvalue weighted by Gasteiger charge is 2.23. The van der Waals surface area contributed by atoms with Crippen LogP contribution in [0, 0.1) is 5.82 Å². The van der Waals surface area contributed by atoms with Crippen LogP contribution in [0.1, 0.15) is 35.4 Å². The summed E-state index contributed by atoms with van der Waals surface area (Å²) in [7, 11) is 0. The Morgan fingerprint density at radius 2 is 1.96 bits per heavy atom. The lowest BCUT2D eigenvalue weighted by molar-refractivity contribution is -0.0171. The summed E-state index contributed by atoms with van der Waals surface area (Å²) in [6.07, 6.45) is 4.46. The second kappa shape index (κ2) is 7.60. The van der Waals surface area contributed by atoms with Gasteiger partial charge < -0.3 is 9.47 Å². The topological polar surface area (TPSA) is 36.3 Å². The third-order valence-corrected chi connectivity index (χ3v) is 6.21. The molecule has 0 radical (unpaired) electrons. The minimum absolute atomic E-state index is 0.212. The first-order valence-electron chi connectivity index (χ1n) is 9.60. The SMILES string of the molecule is Fc1cc2c(c(CSc3nc4c(n3-c3ccccc3)CCCC4)c1)OCOC2. The predicted molar refractivity (Wildman–Crippen MR) is 106 cm³/mol. The first kappa shape index (κ1) is 17.8. The number of benzene rings is 2. The molecule has 2 aliphatic rings. The highest BCUT2D eigenvalue weighted by Crippen LogP contribution is 2.36. The quantitative estimate of drug-likeness (QED) is 0.578. The molecule has 0 amide bonds. The van der Waals surface area contributed by atoms with Crippen molar-refractivity contribution < 1.29 is 13.9 Å². The molecule has 0 unspecified atom stereocenters. The van der Waals surface area contributed by atoms with Gasteiger partial charge in [-0.2, -0.15) is 0 Å². The Hall–Kier alpha value is -2.31. The molecule has 1 aromatic heterocycles. The third-order valence-electron chi connectivity index (χ3n) is 5.22. The second-order valence-corrected chi connectivity index (χ2v) is 8.06. The molecule has 0 atom stereocenters. The van der Waals surface area contributed by atoms with E-state index in [0.717, 1.165) is 40.6 Å². The number of para-hydroxylation sites is 1. The minimum Gasteiger partial charge on any atom is -0.467 e. The standard InChI is InChI=1S/C22H21FN2O2S/c23-17-10-15-12-26-14-27-21(15)16(11-17)13-28-22-24-19-8-4-5-9-20(19)25(22)18-6-2-1-3-7-18/h1-3,6-7,10-11H,4-5,8-9,12-14H2. The molecule has 0 N–H and O–H groups in total. The minimum atomic E-state index is -0.255. The van der Waals surface area contributed by atoms with Crippen molar-refractivity contribution in [2.75, 3.05) is 6.79 Å². The molecule has 0 fully saturated rings. The molecule has 28 heavy (non-hydrogen) atoms. The van der Waals surface area contributed by atoms with Gasteiger partial charge >= 0.3 is 0 Å². The fourth-order valence-corrected chi connectivity index (χ4v) is 4.98.